The minimum absolute atomic E-state index is 0. The van der Waals surface area contributed by atoms with Crippen molar-refractivity contribution in [2.24, 2.45) is 5.92 Å². The van der Waals surface area contributed by atoms with Crippen LogP contribution in [0.15, 0.2) is 42.5 Å². The van der Waals surface area contributed by atoms with E-state index in [0.29, 0.717) is 18.0 Å². The molecule has 2 aliphatic rings. The molecule has 2 amide bonds. The summed E-state index contributed by atoms with van der Waals surface area (Å²) in [6.07, 6.45) is 3.68. The summed E-state index contributed by atoms with van der Waals surface area (Å²) in [6, 6.07) is 12.8. The van der Waals surface area contributed by atoms with E-state index < -0.39 is 0 Å². The van der Waals surface area contributed by atoms with E-state index in [1.54, 1.807) is 23.1 Å². The Morgan fingerprint density at radius 3 is 2.75 bits per heavy atom. The Labute approximate surface area is 170 Å². The quantitative estimate of drug-likeness (QED) is 0.752. The molecule has 28 heavy (non-hydrogen) atoms. The molecule has 1 aliphatic heterocycles. The zero-order valence-corrected chi connectivity index (χ0v) is 16.3. The molecule has 2 aromatic carbocycles. The van der Waals surface area contributed by atoms with Crippen molar-refractivity contribution >= 4 is 41.3 Å². The number of amides is 2. The Hall–Kier alpha value is -2.73. The molecular formula is C21H24ClN3O3. The monoisotopic (exact) mass is 401 g/mol. The number of carbonyl (C=O) groups is 2. The van der Waals surface area contributed by atoms with E-state index in [1.807, 2.05) is 24.3 Å². The number of nitrogens with zero attached hydrogens (tertiary/aromatic N) is 1. The van der Waals surface area contributed by atoms with Crippen molar-refractivity contribution in [3.05, 3.63) is 48.0 Å². The van der Waals surface area contributed by atoms with Crippen LogP contribution in [0.4, 0.5) is 17.1 Å². The van der Waals surface area contributed by atoms with E-state index in [-0.39, 0.29) is 36.7 Å². The topological polar surface area (TPSA) is 84.7 Å². The third kappa shape index (κ3) is 4.39. The number of fused-ring (bicyclic) bond motifs is 1. The van der Waals surface area contributed by atoms with E-state index in [0.717, 1.165) is 42.6 Å². The van der Waals surface area contributed by atoms with Crippen molar-refractivity contribution in [3.8, 4) is 5.75 Å². The molecule has 1 saturated carbocycles. The molecule has 1 aliphatic carbocycles. The van der Waals surface area contributed by atoms with Crippen LogP contribution in [0.25, 0.3) is 0 Å². The number of hydrogen-bond donors (Lipinski definition) is 2. The summed E-state index contributed by atoms with van der Waals surface area (Å²) in [4.78, 5) is 26.3. The zero-order valence-electron chi connectivity index (χ0n) is 15.5. The second-order valence-corrected chi connectivity index (χ2v) is 7.07. The van der Waals surface area contributed by atoms with Crippen LogP contribution in [0.5, 0.6) is 5.75 Å². The highest BCUT2D eigenvalue weighted by Crippen LogP contribution is 2.32. The van der Waals surface area contributed by atoms with Gasteiger partial charge in [0, 0.05) is 35.6 Å². The van der Waals surface area contributed by atoms with Crippen LogP contribution in [0.1, 0.15) is 24.8 Å². The molecule has 1 fully saturated rings. The number of nitrogens with two attached hydrogens (primary N) is 1. The molecular weight excluding hydrogens is 378 g/mol. The van der Waals surface area contributed by atoms with Crippen molar-refractivity contribution < 1.29 is 14.3 Å². The van der Waals surface area contributed by atoms with Gasteiger partial charge in [0.05, 0.1) is 0 Å². The average molecular weight is 402 g/mol. The molecule has 6 nitrogen and oxygen atoms in total. The van der Waals surface area contributed by atoms with Crippen molar-refractivity contribution in [2.45, 2.75) is 25.7 Å². The SMILES string of the molecule is Cl.Nc1cccc2c1CCCN2C(=O)COc1cccc(NC(=O)C2CC2)c1. The normalized spacial score (nSPS) is 15.2. The molecule has 0 radical (unpaired) electrons. The van der Waals surface area contributed by atoms with Crippen LogP contribution in [-0.2, 0) is 16.0 Å². The predicted molar refractivity (Wildman–Crippen MR) is 112 cm³/mol. The fourth-order valence-corrected chi connectivity index (χ4v) is 3.39. The van der Waals surface area contributed by atoms with Gasteiger partial charge in [0.25, 0.3) is 5.91 Å². The maximum absolute atomic E-state index is 12.7. The number of carbonyl (C=O) groups excluding carboxylic acids is 2. The van der Waals surface area contributed by atoms with Crippen LogP contribution >= 0.6 is 12.4 Å². The molecule has 3 N–H and O–H groups in total. The number of nitrogen functional groups attached to an aromatic ring is 1. The standard InChI is InChI=1S/C21H23N3O3.ClH/c22-18-7-2-8-19-17(18)6-3-11-24(19)20(25)13-27-16-5-1-4-15(12-16)23-21(26)14-9-10-14;/h1-2,4-5,7-8,12,14H,3,6,9-11,13,22H2,(H,23,26);1H. The predicted octanol–water partition coefficient (Wildman–Crippen LogP) is 3.40. The molecule has 2 aromatic rings. The molecule has 0 saturated heterocycles. The minimum Gasteiger partial charge on any atom is -0.484 e. The molecule has 0 bridgehead atoms. The first-order valence-electron chi connectivity index (χ1n) is 9.33. The van der Waals surface area contributed by atoms with E-state index in [9.17, 15) is 9.59 Å². The maximum Gasteiger partial charge on any atom is 0.264 e. The molecule has 148 valence electrons. The Morgan fingerprint density at radius 2 is 1.96 bits per heavy atom. The lowest BCUT2D eigenvalue weighted by molar-refractivity contribution is -0.120. The molecule has 0 spiro atoms. The summed E-state index contributed by atoms with van der Waals surface area (Å²) in [5.74, 6) is 0.643. The first-order valence-corrected chi connectivity index (χ1v) is 9.33. The van der Waals surface area contributed by atoms with Gasteiger partial charge >= 0.3 is 0 Å². The van der Waals surface area contributed by atoms with Gasteiger partial charge in [-0.2, -0.15) is 0 Å². The van der Waals surface area contributed by atoms with Crippen LogP contribution < -0.4 is 20.7 Å². The minimum atomic E-state index is -0.103. The largest absolute Gasteiger partial charge is 0.484 e. The number of anilines is 3. The third-order valence-corrected chi connectivity index (χ3v) is 5.00. The smallest absolute Gasteiger partial charge is 0.264 e. The molecule has 0 aromatic heterocycles. The third-order valence-electron chi connectivity index (χ3n) is 5.00. The van der Waals surface area contributed by atoms with Crippen molar-refractivity contribution in [1.29, 1.82) is 0 Å². The Kier molecular flexibility index (Phi) is 6.09. The molecule has 0 unspecified atom stereocenters. The average Bonchev–Trinajstić information content (AvgIpc) is 3.52. The summed E-state index contributed by atoms with van der Waals surface area (Å²) >= 11 is 0. The van der Waals surface area contributed by atoms with Crippen molar-refractivity contribution in [3.63, 3.8) is 0 Å². The first-order chi connectivity index (χ1) is 13.1. The number of rotatable bonds is 5. The Bertz CT molecular complexity index is 883. The van der Waals surface area contributed by atoms with E-state index in [2.05, 4.69) is 5.32 Å². The summed E-state index contributed by atoms with van der Waals surface area (Å²) in [6.45, 7) is 0.602. The van der Waals surface area contributed by atoms with Crippen LogP contribution in [-0.4, -0.2) is 25.0 Å². The summed E-state index contributed by atoms with van der Waals surface area (Å²) in [5.41, 5.74) is 9.37. The van der Waals surface area contributed by atoms with Gasteiger partial charge in [-0.05, 0) is 55.5 Å². The number of hydrogen-bond acceptors (Lipinski definition) is 4. The van der Waals surface area contributed by atoms with Gasteiger partial charge < -0.3 is 20.7 Å². The van der Waals surface area contributed by atoms with Gasteiger partial charge in [-0.25, -0.2) is 0 Å². The van der Waals surface area contributed by atoms with E-state index in [1.165, 1.54) is 0 Å². The molecule has 1 heterocycles. The summed E-state index contributed by atoms with van der Waals surface area (Å²) in [7, 11) is 0. The molecule has 7 heteroatoms. The van der Waals surface area contributed by atoms with Gasteiger partial charge in [0.2, 0.25) is 5.91 Å². The lowest BCUT2D eigenvalue weighted by Crippen LogP contribution is -2.38. The van der Waals surface area contributed by atoms with Gasteiger partial charge in [-0.15, -0.1) is 12.4 Å². The summed E-state index contributed by atoms with van der Waals surface area (Å²) < 4.78 is 5.69. The second kappa shape index (κ2) is 8.52. The summed E-state index contributed by atoms with van der Waals surface area (Å²) in [5, 5.41) is 2.89. The molecule has 4 rings (SSSR count). The fourth-order valence-electron chi connectivity index (χ4n) is 3.39. The van der Waals surface area contributed by atoms with Gasteiger partial charge in [-0.3, -0.25) is 9.59 Å². The van der Waals surface area contributed by atoms with Crippen LogP contribution in [0.3, 0.4) is 0 Å². The lowest BCUT2D eigenvalue weighted by Gasteiger charge is -2.30. The fraction of sp³-hybridized carbons (Fsp3) is 0.333. The maximum atomic E-state index is 12.7. The highest BCUT2D eigenvalue weighted by molar-refractivity contribution is 5.96. The van der Waals surface area contributed by atoms with E-state index in [4.69, 9.17) is 10.5 Å². The zero-order chi connectivity index (χ0) is 18.8. The lowest BCUT2D eigenvalue weighted by atomic mass is 10.00. The van der Waals surface area contributed by atoms with Crippen molar-refractivity contribution in [1.82, 2.24) is 0 Å². The second-order valence-electron chi connectivity index (χ2n) is 7.07. The van der Waals surface area contributed by atoms with Crippen molar-refractivity contribution in [2.75, 3.05) is 29.1 Å². The number of ether oxygens (including phenoxy) is 1. The Balaban J connectivity index is 0.00000225. The van der Waals surface area contributed by atoms with Gasteiger partial charge in [-0.1, -0.05) is 12.1 Å². The van der Waals surface area contributed by atoms with Gasteiger partial charge in [0.1, 0.15) is 5.75 Å². The highest BCUT2D eigenvalue weighted by atomic mass is 35.5. The van der Waals surface area contributed by atoms with E-state index >= 15 is 0 Å². The number of benzene rings is 2. The number of halogens is 1. The first kappa shape index (κ1) is 20.0. The van der Waals surface area contributed by atoms with Gasteiger partial charge in [0.15, 0.2) is 6.61 Å². The Morgan fingerprint density at radius 1 is 1.18 bits per heavy atom. The number of nitrogens with one attached hydrogen (secondary N) is 1. The van der Waals surface area contributed by atoms with Crippen LogP contribution in [0.2, 0.25) is 0 Å². The molecule has 0 atom stereocenters. The highest BCUT2D eigenvalue weighted by Gasteiger charge is 2.29. The van der Waals surface area contributed by atoms with Crippen LogP contribution in [0, 0.1) is 5.92 Å².